The van der Waals surface area contributed by atoms with Crippen LogP contribution in [0.5, 0.6) is 0 Å². The van der Waals surface area contributed by atoms with E-state index >= 15 is 0 Å². The van der Waals surface area contributed by atoms with Crippen molar-refractivity contribution in [2.24, 2.45) is 0 Å². The molecule has 0 unspecified atom stereocenters. The third-order valence-electron chi connectivity index (χ3n) is 5.43. The minimum atomic E-state index is 0.000480. The summed E-state index contributed by atoms with van der Waals surface area (Å²) in [6.07, 6.45) is 6.69. The van der Waals surface area contributed by atoms with Gasteiger partial charge in [0.15, 0.2) is 0 Å². The first-order valence-electron chi connectivity index (χ1n) is 10.3. The van der Waals surface area contributed by atoms with Crippen molar-refractivity contribution >= 4 is 11.7 Å². The molecule has 0 saturated carbocycles. The fourth-order valence-corrected chi connectivity index (χ4v) is 3.79. The SMILES string of the molecule is CCC(=O)Nc1cccc(C2CCN(Cc3cnn(-c4ccccc4)c3)CC2)n1. The lowest BCUT2D eigenvalue weighted by atomic mass is 9.93. The van der Waals surface area contributed by atoms with Gasteiger partial charge in [-0.1, -0.05) is 31.2 Å². The molecule has 6 nitrogen and oxygen atoms in total. The zero-order valence-electron chi connectivity index (χ0n) is 16.8. The van der Waals surface area contributed by atoms with Crippen molar-refractivity contribution in [3.8, 4) is 5.69 Å². The fourth-order valence-electron chi connectivity index (χ4n) is 3.79. The molecule has 0 atom stereocenters. The molecule has 150 valence electrons. The van der Waals surface area contributed by atoms with Crippen LogP contribution >= 0.6 is 0 Å². The maximum absolute atomic E-state index is 11.6. The van der Waals surface area contributed by atoms with Gasteiger partial charge in [0.1, 0.15) is 5.82 Å². The summed E-state index contributed by atoms with van der Waals surface area (Å²) in [6.45, 7) is 4.83. The van der Waals surface area contributed by atoms with Crippen LogP contribution in [0.2, 0.25) is 0 Å². The number of likely N-dealkylation sites (tertiary alicyclic amines) is 1. The maximum Gasteiger partial charge on any atom is 0.225 e. The number of piperidine rings is 1. The number of nitrogens with one attached hydrogen (secondary N) is 1. The zero-order chi connectivity index (χ0) is 20.1. The van der Waals surface area contributed by atoms with Gasteiger partial charge in [-0.3, -0.25) is 9.69 Å². The molecule has 6 heteroatoms. The molecule has 1 N–H and O–H groups in total. The zero-order valence-corrected chi connectivity index (χ0v) is 16.8. The summed E-state index contributed by atoms with van der Waals surface area (Å²) >= 11 is 0. The monoisotopic (exact) mass is 389 g/mol. The molecule has 1 aromatic carbocycles. The molecule has 2 aromatic heterocycles. The van der Waals surface area contributed by atoms with Gasteiger partial charge in [-0.15, -0.1) is 0 Å². The average molecular weight is 390 g/mol. The van der Waals surface area contributed by atoms with Gasteiger partial charge in [0.2, 0.25) is 5.91 Å². The molecule has 0 aliphatic carbocycles. The van der Waals surface area contributed by atoms with Crippen LogP contribution in [0.15, 0.2) is 60.9 Å². The Hall–Kier alpha value is -2.99. The van der Waals surface area contributed by atoms with Crippen LogP contribution in [-0.4, -0.2) is 38.7 Å². The van der Waals surface area contributed by atoms with Gasteiger partial charge in [-0.2, -0.15) is 5.10 Å². The highest BCUT2D eigenvalue weighted by molar-refractivity contribution is 5.89. The summed E-state index contributed by atoms with van der Waals surface area (Å²) in [5.74, 6) is 1.10. The molecule has 0 bridgehead atoms. The fraction of sp³-hybridized carbons (Fsp3) is 0.348. The molecule has 1 amide bonds. The van der Waals surface area contributed by atoms with Gasteiger partial charge in [0, 0.05) is 36.3 Å². The van der Waals surface area contributed by atoms with Crippen molar-refractivity contribution in [3.63, 3.8) is 0 Å². The van der Waals surface area contributed by atoms with Gasteiger partial charge in [-0.25, -0.2) is 9.67 Å². The number of pyridine rings is 1. The van der Waals surface area contributed by atoms with Crippen LogP contribution in [0.3, 0.4) is 0 Å². The van der Waals surface area contributed by atoms with Crippen LogP contribution in [-0.2, 0) is 11.3 Å². The van der Waals surface area contributed by atoms with E-state index in [1.165, 1.54) is 5.56 Å². The Morgan fingerprint density at radius 3 is 2.66 bits per heavy atom. The topological polar surface area (TPSA) is 63.1 Å². The molecular formula is C23H27N5O. The second-order valence-electron chi connectivity index (χ2n) is 7.53. The molecule has 1 aliphatic heterocycles. The number of amides is 1. The number of hydrogen-bond donors (Lipinski definition) is 1. The van der Waals surface area contributed by atoms with Crippen LogP contribution in [0.1, 0.15) is 43.4 Å². The first-order chi connectivity index (χ1) is 14.2. The number of carbonyl (C=O) groups is 1. The second-order valence-corrected chi connectivity index (χ2v) is 7.53. The molecule has 0 spiro atoms. The van der Waals surface area contributed by atoms with Gasteiger partial charge in [0.25, 0.3) is 0 Å². The minimum Gasteiger partial charge on any atom is -0.311 e. The quantitative estimate of drug-likeness (QED) is 0.692. The Morgan fingerprint density at radius 1 is 1.10 bits per heavy atom. The largest absolute Gasteiger partial charge is 0.311 e. The van der Waals surface area contributed by atoms with Crippen LogP contribution in [0, 0.1) is 0 Å². The standard InChI is InChI=1S/C23H27N5O/c1-2-23(29)26-22-10-6-9-21(25-22)19-11-13-27(14-12-19)16-18-15-24-28(17-18)20-7-4-3-5-8-20/h3-10,15,17,19H,2,11-14,16H2,1H3,(H,25,26,29). The predicted molar refractivity (Wildman–Crippen MR) is 114 cm³/mol. The molecule has 3 heterocycles. The smallest absolute Gasteiger partial charge is 0.225 e. The van der Waals surface area contributed by atoms with Gasteiger partial charge in [0.05, 0.1) is 11.9 Å². The predicted octanol–water partition coefficient (Wildman–Crippen LogP) is 4.00. The van der Waals surface area contributed by atoms with E-state index in [0.29, 0.717) is 18.2 Å². The van der Waals surface area contributed by atoms with E-state index in [0.717, 1.165) is 43.9 Å². The molecule has 1 fully saturated rings. The number of para-hydroxylation sites is 1. The van der Waals surface area contributed by atoms with E-state index in [1.54, 1.807) is 0 Å². The van der Waals surface area contributed by atoms with E-state index < -0.39 is 0 Å². The first-order valence-corrected chi connectivity index (χ1v) is 10.3. The Morgan fingerprint density at radius 2 is 1.90 bits per heavy atom. The number of benzene rings is 1. The van der Waals surface area contributed by atoms with Crippen molar-refractivity contribution in [1.82, 2.24) is 19.7 Å². The van der Waals surface area contributed by atoms with Gasteiger partial charge >= 0.3 is 0 Å². The molecular weight excluding hydrogens is 362 g/mol. The lowest BCUT2D eigenvalue weighted by Gasteiger charge is -2.31. The molecule has 1 saturated heterocycles. The Labute approximate surface area is 171 Å². The summed E-state index contributed by atoms with van der Waals surface area (Å²) in [7, 11) is 0. The Kier molecular flexibility index (Phi) is 6.00. The van der Waals surface area contributed by atoms with Crippen LogP contribution in [0.25, 0.3) is 5.69 Å². The van der Waals surface area contributed by atoms with E-state index in [4.69, 9.17) is 0 Å². The normalized spacial score (nSPS) is 15.3. The highest BCUT2D eigenvalue weighted by Gasteiger charge is 2.22. The number of hydrogen-bond acceptors (Lipinski definition) is 4. The van der Waals surface area contributed by atoms with Gasteiger partial charge in [-0.05, 0) is 50.2 Å². The first kappa shape index (κ1) is 19.3. The highest BCUT2D eigenvalue weighted by atomic mass is 16.1. The van der Waals surface area contributed by atoms with Crippen molar-refractivity contribution < 1.29 is 4.79 Å². The van der Waals surface area contributed by atoms with Gasteiger partial charge < -0.3 is 5.32 Å². The molecule has 4 rings (SSSR count). The van der Waals surface area contributed by atoms with Crippen LogP contribution < -0.4 is 5.32 Å². The third-order valence-corrected chi connectivity index (χ3v) is 5.43. The summed E-state index contributed by atoms with van der Waals surface area (Å²) in [4.78, 5) is 18.8. The molecule has 0 radical (unpaired) electrons. The number of rotatable bonds is 6. The number of anilines is 1. The Balaban J connectivity index is 1.33. The summed E-state index contributed by atoms with van der Waals surface area (Å²) in [5.41, 5.74) is 3.39. The van der Waals surface area contributed by atoms with Crippen molar-refractivity contribution in [2.75, 3.05) is 18.4 Å². The summed E-state index contributed by atoms with van der Waals surface area (Å²) < 4.78 is 1.93. The minimum absolute atomic E-state index is 0.000480. The molecule has 29 heavy (non-hydrogen) atoms. The van der Waals surface area contributed by atoms with E-state index in [1.807, 2.05) is 48.1 Å². The maximum atomic E-state index is 11.6. The van der Waals surface area contributed by atoms with Crippen molar-refractivity contribution in [3.05, 3.63) is 72.2 Å². The summed E-state index contributed by atoms with van der Waals surface area (Å²) in [6, 6.07) is 16.1. The van der Waals surface area contributed by atoms with E-state index in [2.05, 4.69) is 44.7 Å². The van der Waals surface area contributed by atoms with Crippen LogP contribution in [0.4, 0.5) is 5.82 Å². The van der Waals surface area contributed by atoms with Crippen molar-refractivity contribution in [1.29, 1.82) is 0 Å². The lowest BCUT2D eigenvalue weighted by Crippen LogP contribution is -2.32. The van der Waals surface area contributed by atoms with E-state index in [-0.39, 0.29) is 5.91 Å². The number of nitrogens with zero attached hydrogens (tertiary/aromatic N) is 4. The average Bonchev–Trinajstić information content (AvgIpc) is 3.23. The van der Waals surface area contributed by atoms with E-state index in [9.17, 15) is 4.79 Å². The molecule has 1 aliphatic rings. The third kappa shape index (κ3) is 4.90. The lowest BCUT2D eigenvalue weighted by molar-refractivity contribution is -0.115. The Bertz CT molecular complexity index is 945. The molecule has 3 aromatic rings. The second kappa shape index (κ2) is 9.01. The summed E-state index contributed by atoms with van der Waals surface area (Å²) in [5, 5.41) is 7.36. The number of aromatic nitrogens is 3. The highest BCUT2D eigenvalue weighted by Crippen LogP contribution is 2.28. The van der Waals surface area contributed by atoms with Crippen molar-refractivity contribution in [2.45, 2.75) is 38.6 Å². The number of carbonyl (C=O) groups excluding carboxylic acids is 1.